The van der Waals surface area contributed by atoms with Crippen LogP contribution in [0.2, 0.25) is 0 Å². The van der Waals surface area contributed by atoms with Crippen LogP contribution in [-0.2, 0) is 4.74 Å². The summed E-state index contributed by atoms with van der Waals surface area (Å²) in [6, 6.07) is 0.532. The van der Waals surface area contributed by atoms with Gasteiger partial charge in [-0.3, -0.25) is 0 Å². The Labute approximate surface area is 121 Å². The molecule has 0 bridgehead atoms. The summed E-state index contributed by atoms with van der Waals surface area (Å²) in [6.07, 6.45) is 15.2. The Bertz CT molecular complexity index is 173. The number of unbranched alkanes of at least 4 members (excludes halogenated alkanes) is 7. The number of rotatable bonds is 14. The van der Waals surface area contributed by atoms with E-state index < -0.39 is 0 Å². The Balaban J connectivity index is 3.55. The lowest BCUT2D eigenvalue weighted by atomic mass is 9.99. The van der Waals surface area contributed by atoms with Crippen molar-refractivity contribution in [2.75, 3.05) is 14.2 Å². The van der Waals surface area contributed by atoms with Gasteiger partial charge in [0.25, 0.3) is 0 Å². The lowest BCUT2D eigenvalue weighted by Crippen LogP contribution is -2.38. The quantitative estimate of drug-likeness (QED) is 0.453. The third-order valence-corrected chi connectivity index (χ3v) is 4.06. The summed E-state index contributed by atoms with van der Waals surface area (Å²) in [7, 11) is 3.91. The zero-order valence-electron chi connectivity index (χ0n) is 13.8. The number of hydrogen-bond acceptors (Lipinski definition) is 2. The first-order valence-corrected chi connectivity index (χ1v) is 8.50. The van der Waals surface area contributed by atoms with Gasteiger partial charge >= 0.3 is 0 Å². The molecule has 0 aliphatic carbocycles. The molecule has 0 heterocycles. The summed E-state index contributed by atoms with van der Waals surface area (Å²) in [5.74, 6) is 0. The summed E-state index contributed by atoms with van der Waals surface area (Å²) >= 11 is 0. The van der Waals surface area contributed by atoms with Gasteiger partial charge in [0.05, 0.1) is 6.10 Å². The average molecular weight is 271 g/mol. The second-order valence-electron chi connectivity index (χ2n) is 5.72. The zero-order valence-corrected chi connectivity index (χ0v) is 13.8. The van der Waals surface area contributed by atoms with Crippen molar-refractivity contribution in [3.63, 3.8) is 0 Å². The first-order valence-electron chi connectivity index (χ1n) is 8.50. The van der Waals surface area contributed by atoms with E-state index in [0.717, 1.165) is 0 Å². The van der Waals surface area contributed by atoms with Crippen LogP contribution in [0.15, 0.2) is 0 Å². The van der Waals surface area contributed by atoms with Gasteiger partial charge in [-0.25, -0.2) is 0 Å². The highest BCUT2D eigenvalue weighted by molar-refractivity contribution is 4.75. The second kappa shape index (κ2) is 14.3. The van der Waals surface area contributed by atoms with Crippen LogP contribution in [0.4, 0.5) is 0 Å². The Morgan fingerprint density at radius 1 is 0.789 bits per heavy atom. The van der Waals surface area contributed by atoms with E-state index in [1.807, 2.05) is 7.11 Å². The molecule has 0 saturated heterocycles. The average Bonchev–Trinajstić information content (AvgIpc) is 2.44. The standard InChI is InChI=1S/C17H37NO/c1-5-7-8-9-10-11-12-13-15-16(18-3)17(19-4)14-6-2/h16-18H,5-15H2,1-4H3. The van der Waals surface area contributed by atoms with Gasteiger partial charge in [-0.15, -0.1) is 0 Å². The highest BCUT2D eigenvalue weighted by atomic mass is 16.5. The molecule has 2 atom stereocenters. The lowest BCUT2D eigenvalue weighted by Gasteiger charge is -2.25. The van der Waals surface area contributed by atoms with Crippen LogP contribution in [0, 0.1) is 0 Å². The third-order valence-electron chi connectivity index (χ3n) is 4.06. The van der Waals surface area contributed by atoms with Crippen LogP contribution in [0.3, 0.4) is 0 Å². The lowest BCUT2D eigenvalue weighted by molar-refractivity contribution is 0.0597. The molecule has 0 amide bonds. The molecule has 2 nitrogen and oxygen atoms in total. The van der Waals surface area contributed by atoms with Crippen molar-refractivity contribution in [2.45, 2.75) is 96.6 Å². The highest BCUT2D eigenvalue weighted by Gasteiger charge is 2.17. The SMILES string of the molecule is CCCCCCCCCCC(NC)C(CCC)OC. The normalized spacial score (nSPS) is 14.5. The number of ether oxygens (including phenoxy) is 1. The molecular formula is C17H37NO. The van der Waals surface area contributed by atoms with Crippen molar-refractivity contribution < 1.29 is 4.74 Å². The van der Waals surface area contributed by atoms with Crippen molar-refractivity contribution >= 4 is 0 Å². The largest absolute Gasteiger partial charge is 0.380 e. The van der Waals surface area contributed by atoms with E-state index in [-0.39, 0.29) is 0 Å². The number of methoxy groups -OCH3 is 1. The molecule has 116 valence electrons. The fraction of sp³-hybridized carbons (Fsp3) is 1.00. The van der Waals surface area contributed by atoms with Gasteiger partial charge in [0, 0.05) is 13.2 Å². The van der Waals surface area contributed by atoms with Crippen molar-refractivity contribution in [1.82, 2.24) is 5.32 Å². The first-order chi connectivity index (χ1) is 9.29. The van der Waals surface area contributed by atoms with Crippen molar-refractivity contribution in [3.05, 3.63) is 0 Å². The Kier molecular flexibility index (Phi) is 14.3. The Morgan fingerprint density at radius 3 is 1.84 bits per heavy atom. The fourth-order valence-corrected chi connectivity index (χ4v) is 2.78. The van der Waals surface area contributed by atoms with Crippen molar-refractivity contribution in [1.29, 1.82) is 0 Å². The first kappa shape index (κ1) is 18.9. The molecule has 0 rings (SSSR count). The van der Waals surface area contributed by atoms with E-state index in [0.29, 0.717) is 12.1 Å². The molecule has 0 aliphatic rings. The molecule has 0 aliphatic heterocycles. The smallest absolute Gasteiger partial charge is 0.0724 e. The molecule has 0 spiro atoms. The van der Waals surface area contributed by atoms with Gasteiger partial charge in [0.2, 0.25) is 0 Å². The summed E-state index contributed by atoms with van der Waals surface area (Å²) in [5.41, 5.74) is 0. The molecular weight excluding hydrogens is 234 g/mol. The van der Waals surface area contributed by atoms with Gasteiger partial charge < -0.3 is 10.1 Å². The minimum Gasteiger partial charge on any atom is -0.380 e. The van der Waals surface area contributed by atoms with E-state index in [4.69, 9.17) is 4.74 Å². The summed E-state index contributed by atoms with van der Waals surface area (Å²) < 4.78 is 5.60. The minimum absolute atomic E-state index is 0.388. The summed E-state index contributed by atoms with van der Waals surface area (Å²) in [4.78, 5) is 0. The van der Waals surface area contributed by atoms with E-state index in [1.54, 1.807) is 0 Å². The van der Waals surface area contributed by atoms with Crippen LogP contribution >= 0.6 is 0 Å². The molecule has 0 aromatic carbocycles. The number of hydrogen-bond donors (Lipinski definition) is 1. The van der Waals surface area contributed by atoms with Crippen LogP contribution in [-0.4, -0.2) is 26.3 Å². The topological polar surface area (TPSA) is 21.3 Å². The van der Waals surface area contributed by atoms with E-state index in [1.165, 1.54) is 70.6 Å². The highest BCUT2D eigenvalue weighted by Crippen LogP contribution is 2.15. The van der Waals surface area contributed by atoms with E-state index in [9.17, 15) is 0 Å². The Hall–Kier alpha value is -0.0800. The molecule has 0 aromatic heterocycles. The minimum atomic E-state index is 0.388. The van der Waals surface area contributed by atoms with Crippen molar-refractivity contribution in [2.24, 2.45) is 0 Å². The van der Waals surface area contributed by atoms with Crippen molar-refractivity contribution in [3.8, 4) is 0 Å². The maximum atomic E-state index is 5.60. The van der Waals surface area contributed by atoms with Gasteiger partial charge in [0.1, 0.15) is 0 Å². The Morgan fingerprint density at radius 2 is 1.37 bits per heavy atom. The molecule has 2 unspecified atom stereocenters. The molecule has 0 fully saturated rings. The van der Waals surface area contributed by atoms with Crippen LogP contribution < -0.4 is 5.32 Å². The molecule has 1 N–H and O–H groups in total. The summed E-state index contributed by atoms with van der Waals surface area (Å²) in [5, 5.41) is 3.43. The summed E-state index contributed by atoms with van der Waals surface area (Å²) in [6.45, 7) is 4.51. The van der Waals surface area contributed by atoms with Gasteiger partial charge in [-0.05, 0) is 19.9 Å². The molecule has 2 heteroatoms. The van der Waals surface area contributed by atoms with Gasteiger partial charge in [-0.1, -0.05) is 71.6 Å². The maximum Gasteiger partial charge on any atom is 0.0724 e. The predicted octanol–water partition coefficient (Wildman–Crippen LogP) is 4.92. The monoisotopic (exact) mass is 271 g/mol. The molecule has 0 aromatic rings. The zero-order chi connectivity index (χ0) is 14.3. The number of nitrogens with one attached hydrogen (secondary N) is 1. The molecule has 0 radical (unpaired) electrons. The molecule has 19 heavy (non-hydrogen) atoms. The predicted molar refractivity (Wildman–Crippen MR) is 85.8 cm³/mol. The fourth-order valence-electron chi connectivity index (χ4n) is 2.78. The second-order valence-corrected chi connectivity index (χ2v) is 5.72. The van der Waals surface area contributed by atoms with Gasteiger partial charge in [-0.2, -0.15) is 0 Å². The molecule has 0 saturated carbocycles. The van der Waals surface area contributed by atoms with E-state index >= 15 is 0 Å². The van der Waals surface area contributed by atoms with Crippen LogP contribution in [0.1, 0.15) is 84.5 Å². The number of likely N-dealkylation sites (N-methyl/N-ethyl adjacent to an activating group) is 1. The van der Waals surface area contributed by atoms with E-state index in [2.05, 4.69) is 26.2 Å². The third kappa shape index (κ3) is 10.4. The van der Waals surface area contributed by atoms with Crippen LogP contribution in [0.25, 0.3) is 0 Å². The van der Waals surface area contributed by atoms with Crippen LogP contribution in [0.5, 0.6) is 0 Å². The van der Waals surface area contributed by atoms with Gasteiger partial charge in [0.15, 0.2) is 0 Å². The maximum absolute atomic E-state index is 5.60.